The average Bonchev–Trinajstić information content (AvgIpc) is 2.87. The molecule has 2 rings (SSSR count). The van der Waals surface area contributed by atoms with Gasteiger partial charge in [-0.1, -0.05) is 43.0 Å². The molecule has 1 heterocycles. The zero-order valence-electron chi connectivity index (χ0n) is 14.2. The maximum Gasteiger partial charge on any atom is 0.305 e. The molecule has 1 amide bonds. The molecule has 1 saturated heterocycles. The Balaban J connectivity index is 2.02. The van der Waals surface area contributed by atoms with E-state index < -0.39 is 4.92 Å². The van der Waals surface area contributed by atoms with Crippen LogP contribution in [0.4, 0.5) is 5.69 Å². The maximum atomic E-state index is 12.5. The normalized spacial score (nSPS) is 15.6. The van der Waals surface area contributed by atoms with Gasteiger partial charge in [0.05, 0.1) is 22.0 Å². The van der Waals surface area contributed by atoms with Gasteiger partial charge in [-0.2, -0.15) is 0 Å². The standard InChI is InChI=1S/C17H18N2O5S2/c1-2-10-24-15(20)8-5-9-18-16(21)14(26-17(18)25)11-12-6-3-4-7-13(12)19(22)23/h3-4,6-7,11H,2,5,8-10H2,1H3/b14-11-. The van der Waals surface area contributed by atoms with Crippen LogP contribution in [0.15, 0.2) is 29.2 Å². The number of nitro benzene ring substituents is 1. The van der Waals surface area contributed by atoms with E-state index in [0.29, 0.717) is 34.4 Å². The highest BCUT2D eigenvalue weighted by Crippen LogP contribution is 2.34. The van der Waals surface area contributed by atoms with Crippen molar-refractivity contribution in [1.29, 1.82) is 0 Å². The summed E-state index contributed by atoms with van der Waals surface area (Å²) in [5.41, 5.74) is 0.276. The van der Waals surface area contributed by atoms with Crippen molar-refractivity contribution in [2.75, 3.05) is 13.2 Å². The quantitative estimate of drug-likeness (QED) is 0.219. The number of hydrogen-bond donors (Lipinski definition) is 0. The van der Waals surface area contributed by atoms with Crippen molar-refractivity contribution in [2.45, 2.75) is 26.2 Å². The van der Waals surface area contributed by atoms with E-state index >= 15 is 0 Å². The molecule has 0 atom stereocenters. The Morgan fingerprint density at radius 2 is 2.15 bits per heavy atom. The molecule has 0 spiro atoms. The first-order valence-electron chi connectivity index (χ1n) is 8.08. The third-order valence-electron chi connectivity index (χ3n) is 3.52. The number of carbonyl (C=O) groups excluding carboxylic acids is 2. The fourth-order valence-electron chi connectivity index (χ4n) is 2.28. The van der Waals surface area contributed by atoms with Gasteiger partial charge in [-0.25, -0.2) is 0 Å². The summed E-state index contributed by atoms with van der Waals surface area (Å²) in [7, 11) is 0. The van der Waals surface area contributed by atoms with E-state index in [2.05, 4.69) is 0 Å². The van der Waals surface area contributed by atoms with Crippen molar-refractivity contribution < 1.29 is 19.2 Å². The molecule has 138 valence electrons. The van der Waals surface area contributed by atoms with E-state index in [9.17, 15) is 19.7 Å². The number of thiocarbonyl (C=S) groups is 1. The highest BCUT2D eigenvalue weighted by molar-refractivity contribution is 8.26. The number of thioether (sulfide) groups is 1. The van der Waals surface area contributed by atoms with Gasteiger partial charge in [-0.3, -0.25) is 24.6 Å². The molecule has 1 aromatic rings. The summed E-state index contributed by atoms with van der Waals surface area (Å²) in [5, 5.41) is 11.1. The van der Waals surface area contributed by atoms with Gasteiger partial charge in [0.25, 0.3) is 11.6 Å². The Morgan fingerprint density at radius 1 is 1.42 bits per heavy atom. The fourth-order valence-corrected chi connectivity index (χ4v) is 3.58. The Hall–Kier alpha value is -2.26. The summed E-state index contributed by atoms with van der Waals surface area (Å²) in [4.78, 5) is 36.4. The van der Waals surface area contributed by atoms with Gasteiger partial charge in [0.2, 0.25) is 0 Å². The molecule has 7 nitrogen and oxygen atoms in total. The smallest absolute Gasteiger partial charge is 0.305 e. The molecule has 26 heavy (non-hydrogen) atoms. The summed E-state index contributed by atoms with van der Waals surface area (Å²) in [6, 6.07) is 6.20. The zero-order valence-corrected chi connectivity index (χ0v) is 15.8. The lowest BCUT2D eigenvalue weighted by molar-refractivity contribution is -0.385. The molecule has 0 radical (unpaired) electrons. The van der Waals surface area contributed by atoms with E-state index in [-0.39, 0.29) is 24.0 Å². The summed E-state index contributed by atoms with van der Waals surface area (Å²) >= 11 is 6.32. The van der Waals surface area contributed by atoms with Gasteiger partial charge < -0.3 is 4.74 Å². The van der Waals surface area contributed by atoms with Gasteiger partial charge in [0.15, 0.2) is 0 Å². The van der Waals surface area contributed by atoms with E-state index in [0.717, 1.165) is 18.2 Å². The highest BCUT2D eigenvalue weighted by atomic mass is 32.2. The average molecular weight is 394 g/mol. The first-order chi connectivity index (χ1) is 12.4. The Labute approximate surface area is 160 Å². The number of hydrogen-bond acceptors (Lipinski definition) is 7. The van der Waals surface area contributed by atoms with Crippen LogP contribution in [0, 0.1) is 10.1 Å². The summed E-state index contributed by atoms with van der Waals surface area (Å²) in [6.45, 7) is 2.61. The van der Waals surface area contributed by atoms with Crippen molar-refractivity contribution in [3.8, 4) is 0 Å². The lowest BCUT2D eigenvalue weighted by atomic mass is 10.1. The fraction of sp³-hybridized carbons (Fsp3) is 0.353. The lowest BCUT2D eigenvalue weighted by Crippen LogP contribution is -2.29. The number of benzene rings is 1. The molecule has 1 aromatic carbocycles. The summed E-state index contributed by atoms with van der Waals surface area (Å²) in [5.74, 6) is -0.604. The number of rotatable bonds is 8. The molecule has 1 aliphatic rings. The lowest BCUT2D eigenvalue weighted by Gasteiger charge is -2.13. The molecule has 9 heteroatoms. The molecule has 0 N–H and O–H groups in total. The molecule has 1 aliphatic heterocycles. The Morgan fingerprint density at radius 3 is 2.85 bits per heavy atom. The van der Waals surface area contributed by atoms with Gasteiger partial charge in [0, 0.05) is 19.0 Å². The minimum Gasteiger partial charge on any atom is -0.466 e. The minimum absolute atomic E-state index is 0.0727. The molecular weight excluding hydrogens is 376 g/mol. The van der Waals surface area contributed by atoms with Crippen molar-refractivity contribution in [3.63, 3.8) is 0 Å². The Bertz CT molecular complexity index is 763. The van der Waals surface area contributed by atoms with E-state index in [1.807, 2.05) is 6.92 Å². The second kappa shape index (κ2) is 9.44. The highest BCUT2D eigenvalue weighted by Gasteiger charge is 2.32. The van der Waals surface area contributed by atoms with Crippen molar-refractivity contribution in [3.05, 3.63) is 44.8 Å². The third-order valence-corrected chi connectivity index (χ3v) is 4.90. The molecule has 1 fully saturated rings. The number of carbonyl (C=O) groups is 2. The van der Waals surface area contributed by atoms with Crippen LogP contribution in [-0.4, -0.2) is 39.2 Å². The monoisotopic (exact) mass is 394 g/mol. The number of nitro groups is 1. The predicted molar refractivity (Wildman–Crippen MR) is 103 cm³/mol. The van der Waals surface area contributed by atoms with Crippen LogP contribution >= 0.6 is 24.0 Å². The van der Waals surface area contributed by atoms with Gasteiger partial charge >= 0.3 is 5.97 Å². The van der Waals surface area contributed by atoms with Crippen LogP contribution in [0.2, 0.25) is 0 Å². The van der Waals surface area contributed by atoms with Gasteiger partial charge in [-0.15, -0.1) is 0 Å². The van der Waals surface area contributed by atoms with Gasteiger partial charge in [-0.05, 0) is 25.0 Å². The van der Waals surface area contributed by atoms with Crippen molar-refractivity contribution >= 4 is 51.9 Å². The number of para-hydroxylation sites is 1. The second-order valence-electron chi connectivity index (χ2n) is 5.47. The number of nitrogens with zero attached hydrogens (tertiary/aromatic N) is 2. The van der Waals surface area contributed by atoms with E-state index in [1.54, 1.807) is 18.2 Å². The topological polar surface area (TPSA) is 89.8 Å². The number of esters is 1. The molecule has 0 bridgehead atoms. The van der Waals surface area contributed by atoms with E-state index in [1.165, 1.54) is 17.0 Å². The van der Waals surface area contributed by atoms with Gasteiger partial charge in [0.1, 0.15) is 4.32 Å². The van der Waals surface area contributed by atoms with Crippen LogP contribution in [0.25, 0.3) is 6.08 Å². The second-order valence-corrected chi connectivity index (χ2v) is 7.15. The van der Waals surface area contributed by atoms with Crippen LogP contribution < -0.4 is 0 Å². The first kappa shape index (κ1) is 20.1. The molecule has 0 aliphatic carbocycles. The maximum absolute atomic E-state index is 12.5. The number of amides is 1. The predicted octanol–water partition coefficient (Wildman–Crippen LogP) is 3.53. The van der Waals surface area contributed by atoms with Crippen LogP contribution in [-0.2, 0) is 14.3 Å². The largest absolute Gasteiger partial charge is 0.466 e. The Kier molecular flexibility index (Phi) is 7.28. The van der Waals surface area contributed by atoms with Crippen LogP contribution in [0.3, 0.4) is 0 Å². The first-order valence-corrected chi connectivity index (χ1v) is 9.31. The molecule has 0 saturated carbocycles. The third kappa shape index (κ3) is 5.12. The van der Waals surface area contributed by atoms with Crippen molar-refractivity contribution in [1.82, 2.24) is 4.90 Å². The summed E-state index contributed by atoms with van der Waals surface area (Å²) in [6.07, 6.45) is 2.89. The zero-order chi connectivity index (χ0) is 19.1. The minimum atomic E-state index is -0.492. The van der Waals surface area contributed by atoms with Crippen molar-refractivity contribution in [2.24, 2.45) is 0 Å². The van der Waals surface area contributed by atoms with Crippen LogP contribution in [0.5, 0.6) is 0 Å². The molecule has 0 aromatic heterocycles. The SMILES string of the molecule is CCCOC(=O)CCCN1C(=O)/C(=C/c2ccccc2[N+](=O)[O-])SC1=S. The molecule has 0 unspecified atom stereocenters. The van der Waals surface area contributed by atoms with E-state index in [4.69, 9.17) is 17.0 Å². The molecular formula is C17H18N2O5S2. The summed E-state index contributed by atoms with van der Waals surface area (Å²) < 4.78 is 5.37. The van der Waals surface area contributed by atoms with Crippen LogP contribution in [0.1, 0.15) is 31.7 Å². The number of ether oxygens (including phenoxy) is 1.